The molecular formula is H10Cl5O4P+2. The third-order valence-corrected chi connectivity index (χ3v) is 0. The van der Waals surface area contributed by atoms with E-state index in [1.165, 1.54) is 0 Å². The second kappa shape index (κ2) is 16.9. The molecule has 0 bridgehead atoms. The highest BCUT2D eigenvalue weighted by Crippen LogP contribution is 2.03. The largest absolute Gasteiger partial charge is 0.822 e. The van der Waals surface area contributed by atoms with Gasteiger partial charge < -0.3 is 19.2 Å². The van der Waals surface area contributed by atoms with E-state index < -0.39 is 7.82 Å². The summed E-state index contributed by atoms with van der Waals surface area (Å²) < 4.78 is 8.55. The van der Waals surface area contributed by atoms with Gasteiger partial charge in [-0.2, -0.15) is 7.82 Å². The Morgan fingerprint density at radius 3 is 0.700 bits per heavy atom. The molecule has 10 heteroatoms. The van der Waals surface area contributed by atoms with Crippen LogP contribution >= 0.6 is 7.82 Å². The van der Waals surface area contributed by atoms with Crippen LogP contribution in [0, 0.1) is 62.0 Å². The molecule has 0 saturated carbocycles. The third-order valence-electron chi connectivity index (χ3n) is 0. The van der Waals surface area contributed by atoms with Gasteiger partial charge in [-0.25, -0.2) is 0 Å². The summed E-state index contributed by atoms with van der Waals surface area (Å²) in [6, 6.07) is 0. The lowest BCUT2D eigenvalue weighted by Crippen LogP contribution is -2.24. The molecule has 0 atom stereocenters. The minimum atomic E-state index is -5.39. The van der Waals surface area contributed by atoms with Gasteiger partial charge in [0.2, 0.25) is 0 Å². The molecule has 4 nitrogen and oxygen atoms in total. The number of halogens is 5. The molecule has 0 aromatic carbocycles. The van der Waals surface area contributed by atoms with Gasteiger partial charge in [0, 0.05) is 0 Å². The molecule has 0 spiro atoms. The predicted octanol–water partition coefficient (Wildman–Crippen LogP) is -5.50. The summed E-state index contributed by atoms with van der Waals surface area (Å²) in [4.78, 5) is 25.6. The van der Waals surface area contributed by atoms with Gasteiger partial charge in [-0.1, -0.05) is 0 Å². The van der Waals surface area contributed by atoms with Crippen LogP contribution in [0.5, 0.6) is 0 Å². The van der Waals surface area contributed by atoms with E-state index in [4.69, 9.17) is 19.2 Å². The van der Waals surface area contributed by atoms with Gasteiger partial charge in [0.05, 0.1) is 62.0 Å². The van der Waals surface area contributed by atoms with Crippen LogP contribution in [0.2, 0.25) is 0 Å². The Morgan fingerprint density at radius 2 is 0.700 bits per heavy atom. The standard InChI is InChI=1S/5ClH2.H3O4P/c;;;;;1-5(2,3)4/h5*1H2;(H3,1,2,3,4)/q5*+1;/p-3. The lowest BCUT2D eigenvalue weighted by atomic mass is 15.8. The van der Waals surface area contributed by atoms with E-state index in [1.807, 2.05) is 0 Å². The van der Waals surface area contributed by atoms with Crippen molar-refractivity contribution in [3.63, 3.8) is 0 Å². The van der Waals surface area contributed by atoms with Crippen LogP contribution in [-0.2, 0) is 4.57 Å². The van der Waals surface area contributed by atoms with Crippen molar-refractivity contribution >= 4 is 7.82 Å². The van der Waals surface area contributed by atoms with Gasteiger partial charge in [0.25, 0.3) is 0 Å². The van der Waals surface area contributed by atoms with Gasteiger partial charge in [0.15, 0.2) is 0 Å². The Kier molecular flexibility index (Phi) is 70.4. The zero-order valence-corrected chi connectivity index (χ0v) is 9.68. The smallest absolute Gasteiger partial charge is 0.0903 e. The highest BCUT2D eigenvalue weighted by Gasteiger charge is 1.44. The van der Waals surface area contributed by atoms with Crippen molar-refractivity contribution in [2.45, 2.75) is 0 Å². The fraction of sp³-hybridized carbons (Fsp3) is 0. The highest BCUT2D eigenvalue weighted by atomic mass is 35.5. The zero-order chi connectivity index (χ0) is 4.50. The number of rotatable bonds is 0. The van der Waals surface area contributed by atoms with E-state index in [2.05, 4.69) is 0 Å². The molecule has 0 unspecified atom stereocenters. The summed E-state index contributed by atoms with van der Waals surface area (Å²) in [5.41, 5.74) is 0. The van der Waals surface area contributed by atoms with Crippen molar-refractivity contribution in [3.8, 4) is 0 Å². The van der Waals surface area contributed by atoms with Crippen molar-refractivity contribution in [1.29, 1.82) is 0 Å². The fourth-order valence-corrected chi connectivity index (χ4v) is 0. The third kappa shape index (κ3) is 288. The SMILES string of the molecule is O=P([O-])([O-])[O-].[ClH2+].[ClH2+].[ClH2+].[ClH2+].[ClH2+]. The first-order valence-electron chi connectivity index (χ1n) is 0.730. The molecule has 0 amide bonds. The van der Waals surface area contributed by atoms with E-state index in [0.29, 0.717) is 0 Å². The molecule has 0 saturated heterocycles. The van der Waals surface area contributed by atoms with Crippen LogP contribution in [0.1, 0.15) is 0 Å². The average Bonchev–Trinajstić information content (AvgIpc) is 0.722. The lowest BCUT2D eigenvalue weighted by Gasteiger charge is -2.36. The van der Waals surface area contributed by atoms with Crippen molar-refractivity contribution in [2.24, 2.45) is 0 Å². The van der Waals surface area contributed by atoms with Gasteiger partial charge in [0.1, 0.15) is 0 Å². The van der Waals surface area contributed by atoms with Gasteiger partial charge in [-0.05, 0) is 0 Å². The second-order valence-corrected chi connectivity index (χ2v) is 1.34. The normalized spacial score (nSPS) is 5.90. The Bertz CT molecular complexity index is 59.8. The molecule has 0 N–H and O–H groups in total. The average molecular weight is 282 g/mol. The maximum Gasteiger partial charge on any atom is 0.0903 e. The molecule has 0 aromatic heterocycles. The number of hydrogen-bond acceptors (Lipinski definition) is 4. The summed E-state index contributed by atoms with van der Waals surface area (Å²) in [6.45, 7) is 0. The molecule has 0 aromatic rings. The predicted molar refractivity (Wildman–Crippen MR) is 21.6 cm³/mol. The van der Waals surface area contributed by atoms with Crippen LogP contribution in [0.3, 0.4) is 0 Å². The van der Waals surface area contributed by atoms with Crippen molar-refractivity contribution in [2.75, 3.05) is 0 Å². The van der Waals surface area contributed by atoms with E-state index in [-0.39, 0.29) is 62.0 Å². The molecule has 0 aliphatic rings. The van der Waals surface area contributed by atoms with E-state index in [0.717, 1.165) is 0 Å². The molecule has 10 heavy (non-hydrogen) atoms. The molecule has 0 fully saturated rings. The number of phosphoric acid groups is 1. The zero-order valence-electron chi connectivity index (χ0n) is 4.32. The Hall–Kier alpha value is 1.56. The van der Waals surface area contributed by atoms with E-state index >= 15 is 0 Å². The van der Waals surface area contributed by atoms with Crippen molar-refractivity contribution < 1.29 is 81.3 Å². The van der Waals surface area contributed by atoms with Crippen LogP contribution < -0.4 is 14.7 Å². The molecule has 72 valence electrons. The van der Waals surface area contributed by atoms with Crippen LogP contribution in [0.25, 0.3) is 0 Å². The monoisotopic (exact) mass is 280 g/mol. The summed E-state index contributed by atoms with van der Waals surface area (Å²) in [6.07, 6.45) is 0. The first-order chi connectivity index (χ1) is 2.00. The second-order valence-electron chi connectivity index (χ2n) is 0.447. The molecule has 0 aliphatic carbocycles. The maximum atomic E-state index is 8.55. The Balaban J connectivity index is -0.00000000800. The van der Waals surface area contributed by atoms with E-state index in [1.54, 1.807) is 0 Å². The summed E-state index contributed by atoms with van der Waals surface area (Å²) in [7, 11) is -5.39. The van der Waals surface area contributed by atoms with Crippen LogP contribution in [-0.4, -0.2) is 0 Å². The van der Waals surface area contributed by atoms with Crippen molar-refractivity contribution in [3.05, 3.63) is 0 Å². The molecule has 0 radical (unpaired) electrons. The first-order valence-corrected chi connectivity index (χ1v) is 2.19. The van der Waals surface area contributed by atoms with Gasteiger partial charge >= 0.3 is 0 Å². The fourth-order valence-electron chi connectivity index (χ4n) is 0. The van der Waals surface area contributed by atoms with Gasteiger partial charge in [-0.15, -0.1) is 0 Å². The summed E-state index contributed by atoms with van der Waals surface area (Å²) in [5, 5.41) is 0. The summed E-state index contributed by atoms with van der Waals surface area (Å²) >= 11 is 0. The van der Waals surface area contributed by atoms with Crippen LogP contribution in [0.4, 0.5) is 0 Å². The van der Waals surface area contributed by atoms with E-state index in [9.17, 15) is 0 Å². The Labute approximate surface area is 89.1 Å². The maximum absolute atomic E-state index is 8.55. The molecule has 0 heterocycles. The topological polar surface area (TPSA) is 86.2 Å². The minimum Gasteiger partial charge on any atom is -0.822 e. The molecule has 0 aliphatic heterocycles. The lowest BCUT2D eigenvalue weighted by molar-refractivity contribution is -0.432. The summed E-state index contributed by atoms with van der Waals surface area (Å²) in [5.74, 6) is 0. The Morgan fingerprint density at radius 1 is 0.700 bits per heavy atom. The molecule has 0 rings (SSSR count). The van der Waals surface area contributed by atoms with Gasteiger partial charge in [-0.3, -0.25) is 0 Å². The highest BCUT2D eigenvalue weighted by molar-refractivity contribution is 7.40. The first kappa shape index (κ1) is 41.7. The minimum absolute atomic E-state index is 0. The molecular weight excluding hydrogens is 272 g/mol. The quantitative estimate of drug-likeness (QED) is 0.415. The van der Waals surface area contributed by atoms with Crippen molar-refractivity contribution in [1.82, 2.24) is 0 Å². The number of hydrogen-bond donors (Lipinski definition) is 0. The van der Waals surface area contributed by atoms with Crippen LogP contribution in [0.15, 0.2) is 0 Å².